The van der Waals surface area contributed by atoms with Crippen molar-refractivity contribution in [3.05, 3.63) is 47.4 Å². The molecule has 136 valence electrons. The lowest BCUT2D eigenvalue weighted by atomic mass is 9.86. The smallest absolute Gasteiger partial charge is 0.227 e. The molecule has 1 aromatic heterocycles. The molecule has 6 heteroatoms. The molecule has 3 aliphatic rings. The lowest BCUT2D eigenvalue weighted by Gasteiger charge is -2.56. The fourth-order valence-corrected chi connectivity index (χ4v) is 4.17. The highest BCUT2D eigenvalue weighted by Crippen LogP contribution is 2.35. The van der Waals surface area contributed by atoms with Gasteiger partial charge in [0.25, 0.3) is 0 Å². The number of fused-ring (bicyclic) bond motifs is 2. The highest BCUT2D eigenvalue weighted by molar-refractivity contribution is 5.81. The number of amides is 1. The van der Waals surface area contributed by atoms with Crippen molar-refractivity contribution < 1.29 is 9.53 Å². The second-order valence-corrected chi connectivity index (χ2v) is 7.15. The second kappa shape index (κ2) is 6.59. The van der Waals surface area contributed by atoms with E-state index in [0.717, 1.165) is 48.2 Å². The summed E-state index contributed by atoms with van der Waals surface area (Å²) < 4.78 is 5.38. The number of hydrogen-bond acceptors (Lipinski definition) is 5. The number of aromatic nitrogens is 2. The summed E-state index contributed by atoms with van der Waals surface area (Å²) in [5, 5.41) is 0. The number of para-hydroxylation sites is 1. The van der Waals surface area contributed by atoms with Crippen LogP contribution in [-0.4, -0.2) is 53.1 Å². The molecule has 0 radical (unpaired) electrons. The van der Waals surface area contributed by atoms with E-state index in [1.165, 1.54) is 0 Å². The third-order valence-electron chi connectivity index (χ3n) is 5.29. The summed E-state index contributed by atoms with van der Waals surface area (Å²) in [6, 6.07) is 10.3. The summed E-state index contributed by atoms with van der Waals surface area (Å²) >= 11 is 0. The first-order valence-electron chi connectivity index (χ1n) is 9.05. The van der Waals surface area contributed by atoms with Gasteiger partial charge in [0.1, 0.15) is 17.4 Å². The van der Waals surface area contributed by atoms with Gasteiger partial charge in [-0.15, -0.1) is 0 Å². The zero-order chi connectivity index (χ0) is 18.3. The van der Waals surface area contributed by atoms with Crippen LogP contribution in [-0.2, 0) is 11.2 Å². The highest BCUT2D eigenvalue weighted by atomic mass is 16.5. The summed E-state index contributed by atoms with van der Waals surface area (Å²) in [6.45, 7) is 5.59. The second-order valence-electron chi connectivity index (χ2n) is 7.15. The number of aryl methyl sites for hydroxylation is 2. The lowest BCUT2D eigenvalue weighted by molar-refractivity contribution is -0.145. The van der Waals surface area contributed by atoms with Crippen LogP contribution in [0.5, 0.6) is 5.75 Å². The molecule has 0 N–H and O–H groups in total. The predicted octanol–water partition coefficient (Wildman–Crippen LogP) is 2.13. The van der Waals surface area contributed by atoms with Crippen molar-refractivity contribution in [2.24, 2.45) is 0 Å². The zero-order valence-electron chi connectivity index (χ0n) is 15.5. The van der Waals surface area contributed by atoms with Gasteiger partial charge < -0.3 is 14.5 Å². The Balaban J connectivity index is 1.45. The van der Waals surface area contributed by atoms with Crippen LogP contribution in [0.3, 0.4) is 0 Å². The Morgan fingerprint density at radius 1 is 1.19 bits per heavy atom. The summed E-state index contributed by atoms with van der Waals surface area (Å²) in [5.74, 6) is 2.73. The van der Waals surface area contributed by atoms with Crippen LogP contribution in [0.4, 0.5) is 5.82 Å². The highest BCUT2D eigenvalue weighted by Gasteiger charge is 2.47. The molecule has 6 nitrogen and oxygen atoms in total. The quantitative estimate of drug-likeness (QED) is 0.844. The van der Waals surface area contributed by atoms with Crippen LogP contribution in [0.25, 0.3) is 0 Å². The van der Waals surface area contributed by atoms with Crippen molar-refractivity contribution in [1.82, 2.24) is 14.9 Å². The lowest BCUT2D eigenvalue weighted by Crippen LogP contribution is -2.70. The first-order valence-corrected chi connectivity index (χ1v) is 9.05. The topological polar surface area (TPSA) is 58.6 Å². The van der Waals surface area contributed by atoms with E-state index in [4.69, 9.17) is 4.74 Å². The number of hydrogen-bond donors (Lipinski definition) is 0. The van der Waals surface area contributed by atoms with Crippen molar-refractivity contribution in [3.63, 3.8) is 0 Å². The number of piperazine rings is 1. The number of methoxy groups -OCH3 is 1. The molecule has 1 amide bonds. The number of ether oxygens (including phenoxy) is 1. The van der Waals surface area contributed by atoms with E-state index < -0.39 is 0 Å². The number of carbonyl (C=O) groups is 1. The van der Waals surface area contributed by atoms with Crippen LogP contribution in [0.2, 0.25) is 0 Å². The van der Waals surface area contributed by atoms with Crippen LogP contribution < -0.4 is 9.64 Å². The molecule has 26 heavy (non-hydrogen) atoms. The molecule has 4 heterocycles. The Morgan fingerprint density at radius 2 is 1.92 bits per heavy atom. The molecule has 0 aliphatic carbocycles. The van der Waals surface area contributed by atoms with E-state index in [9.17, 15) is 4.79 Å². The number of rotatable bonds is 4. The third kappa shape index (κ3) is 3.00. The Kier molecular flexibility index (Phi) is 4.26. The largest absolute Gasteiger partial charge is 0.496 e. The van der Waals surface area contributed by atoms with Gasteiger partial charge in [0.05, 0.1) is 25.6 Å². The summed E-state index contributed by atoms with van der Waals surface area (Å²) in [6.07, 6.45) is 1.47. The number of carbonyl (C=O) groups excluding carboxylic acids is 1. The number of nitrogens with zero attached hydrogens (tertiary/aromatic N) is 4. The fourth-order valence-electron chi connectivity index (χ4n) is 4.17. The first kappa shape index (κ1) is 16.8. The van der Waals surface area contributed by atoms with Crippen molar-refractivity contribution in [2.75, 3.05) is 25.1 Å². The van der Waals surface area contributed by atoms with Gasteiger partial charge in [0, 0.05) is 30.4 Å². The van der Waals surface area contributed by atoms with E-state index in [2.05, 4.69) is 19.8 Å². The Labute approximate surface area is 153 Å². The SMILES string of the molecule is COc1ccccc1CC(=O)N1C2CC1CN(c1cc(C)nc(C)n1)C2. The van der Waals surface area contributed by atoms with Crippen LogP contribution in [0.1, 0.15) is 23.5 Å². The van der Waals surface area contributed by atoms with Crippen molar-refractivity contribution in [3.8, 4) is 5.75 Å². The molecule has 2 aromatic rings. The maximum atomic E-state index is 12.9. The van der Waals surface area contributed by atoms with Gasteiger partial charge in [-0.3, -0.25) is 4.79 Å². The predicted molar refractivity (Wildman–Crippen MR) is 99.5 cm³/mol. The molecule has 1 aromatic carbocycles. The van der Waals surface area contributed by atoms with E-state index in [-0.39, 0.29) is 18.0 Å². The number of piperidine rings is 1. The van der Waals surface area contributed by atoms with Crippen molar-refractivity contribution in [2.45, 2.75) is 38.8 Å². The standard InChI is InChI=1S/C20H24N4O2/c1-13-8-19(22-14(2)21-13)23-11-16-10-17(12-23)24(16)20(25)9-15-6-4-5-7-18(15)26-3/h4-8,16-17H,9-12H2,1-3H3. The Morgan fingerprint density at radius 3 is 2.62 bits per heavy atom. The molecule has 0 spiro atoms. The molecular formula is C20H24N4O2. The number of benzene rings is 1. The normalized spacial score (nSPS) is 21.3. The minimum Gasteiger partial charge on any atom is -0.496 e. The maximum absolute atomic E-state index is 12.9. The first-order chi connectivity index (χ1) is 12.5. The van der Waals surface area contributed by atoms with E-state index in [1.807, 2.05) is 44.2 Å². The maximum Gasteiger partial charge on any atom is 0.227 e. The van der Waals surface area contributed by atoms with Crippen molar-refractivity contribution >= 4 is 11.7 Å². The molecule has 3 saturated heterocycles. The molecule has 2 unspecified atom stereocenters. The molecule has 3 fully saturated rings. The van der Waals surface area contributed by atoms with Gasteiger partial charge in [-0.05, 0) is 26.3 Å². The molecule has 2 bridgehead atoms. The van der Waals surface area contributed by atoms with Crippen molar-refractivity contribution in [1.29, 1.82) is 0 Å². The molecular weight excluding hydrogens is 328 g/mol. The van der Waals surface area contributed by atoms with Gasteiger partial charge in [-0.25, -0.2) is 9.97 Å². The van der Waals surface area contributed by atoms with Gasteiger partial charge in [0.2, 0.25) is 5.91 Å². The minimum atomic E-state index is 0.186. The molecule has 3 aliphatic heterocycles. The molecule has 2 atom stereocenters. The summed E-state index contributed by atoms with van der Waals surface area (Å²) in [7, 11) is 1.64. The van der Waals surface area contributed by atoms with Gasteiger partial charge >= 0.3 is 0 Å². The fraction of sp³-hybridized carbons (Fsp3) is 0.450. The van der Waals surface area contributed by atoms with Gasteiger partial charge in [-0.1, -0.05) is 18.2 Å². The summed E-state index contributed by atoms with van der Waals surface area (Å²) in [4.78, 5) is 26.1. The van der Waals surface area contributed by atoms with Crippen LogP contribution >= 0.6 is 0 Å². The van der Waals surface area contributed by atoms with E-state index in [0.29, 0.717) is 6.42 Å². The summed E-state index contributed by atoms with van der Waals surface area (Å²) in [5.41, 5.74) is 1.93. The average molecular weight is 352 g/mol. The minimum absolute atomic E-state index is 0.186. The van der Waals surface area contributed by atoms with Crippen LogP contribution in [0, 0.1) is 13.8 Å². The Hall–Kier alpha value is -2.63. The number of anilines is 1. The zero-order valence-corrected chi connectivity index (χ0v) is 15.5. The van der Waals surface area contributed by atoms with E-state index >= 15 is 0 Å². The average Bonchev–Trinajstić information content (AvgIpc) is 2.61. The molecule has 0 saturated carbocycles. The monoisotopic (exact) mass is 352 g/mol. The molecule has 5 rings (SSSR count). The van der Waals surface area contributed by atoms with E-state index in [1.54, 1.807) is 7.11 Å². The Bertz CT molecular complexity index is 806. The third-order valence-corrected chi connectivity index (χ3v) is 5.29. The van der Waals surface area contributed by atoms with Gasteiger partial charge in [0.15, 0.2) is 0 Å². The van der Waals surface area contributed by atoms with Gasteiger partial charge in [-0.2, -0.15) is 0 Å². The van der Waals surface area contributed by atoms with Crippen LogP contribution in [0.15, 0.2) is 30.3 Å².